The van der Waals surface area contributed by atoms with E-state index in [0.717, 1.165) is 15.4 Å². The van der Waals surface area contributed by atoms with Gasteiger partial charge >= 0.3 is 0 Å². The van der Waals surface area contributed by atoms with Crippen molar-refractivity contribution in [1.82, 2.24) is 10.2 Å². The van der Waals surface area contributed by atoms with E-state index in [1.54, 1.807) is 54.6 Å². The van der Waals surface area contributed by atoms with E-state index < -0.39 is 28.5 Å². The third-order valence-corrected chi connectivity index (χ3v) is 9.78. The van der Waals surface area contributed by atoms with Gasteiger partial charge in [0.2, 0.25) is 11.8 Å². The van der Waals surface area contributed by atoms with Crippen molar-refractivity contribution in [2.45, 2.75) is 44.2 Å². The lowest BCUT2D eigenvalue weighted by atomic mass is 10.0. The minimum Gasteiger partial charge on any atom is -0.495 e. The highest BCUT2D eigenvalue weighted by Gasteiger charge is 2.35. The van der Waals surface area contributed by atoms with Gasteiger partial charge in [-0.3, -0.25) is 13.9 Å². The van der Waals surface area contributed by atoms with Crippen LogP contribution in [0, 0.1) is 6.92 Å². The van der Waals surface area contributed by atoms with Gasteiger partial charge in [0, 0.05) is 29.6 Å². The zero-order valence-electron chi connectivity index (χ0n) is 26.0. The molecule has 4 aromatic carbocycles. The van der Waals surface area contributed by atoms with Crippen LogP contribution < -0.4 is 14.4 Å². The Balaban J connectivity index is 1.84. The Labute approximate surface area is 280 Å². The largest absolute Gasteiger partial charge is 0.495 e. The minimum absolute atomic E-state index is 0.00521. The van der Waals surface area contributed by atoms with Crippen LogP contribution in [-0.2, 0) is 32.6 Å². The number of nitrogens with zero attached hydrogens (tertiary/aromatic N) is 2. The average molecular weight is 683 g/mol. The molecule has 11 heteroatoms. The molecule has 46 heavy (non-hydrogen) atoms. The van der Waals surface area contributed by atoms with Crippen LogP contribution >= 0.6 is 23.2 Å². The Morgan fingerprint density at radius 2 is 1.59 bits per heavy atom. The number of halogens is 2. The highest BCUT2D eigenvalue weighted by molar-refractivity contribution is 7.92. The second-order valence-electron chi connectivity index (χ2n) is 10.8. The number of aryl methyl sites for hydroxylation is 1. The fourth-order valence-corrected chi connectivity index (χ4v) is 6.83. The molecule has 0 aromatic heterocycles. The van der Waals surface area contributed by atoms with Gasteiger partial charge < -0.3 is 15.0 Å². The third-order valence-electron chi connectivity index (χ3n) is 7.42. The van der Waals surface area contributed by atoms with Gasteiger partial charge in [-0.2, -0.15) is 0 Å². The molecule has 8 nitrogen and oxygen atoms in total. The molecular formula is C35H37Cl2N3O5S. The van der Waals surface area contributed by atoms with Crippen molar-refractivity contribution in [3.05, 3.63) is 124 Å². The first-order valence-electron chi connectivity index (χ1n) is 14.8. The fourth-order valence-electron chi connectivity index (χ4n) is 4.94. The van der Waals surface area contributed by atoms with Gasteiger partial charge in [0.25, 0.3) is 10.0 Å². The number of hydrogen-bond acceptors (Lipinski definition) is 5. The minimum atomic E-state index is -4.28. The molecule has 1 atom stereocenters. The van der Waals surface area contributed by atoms with E-state index in [-0.39, 0.29) is 35.2 Å². The molecule has 0 aliphatic heterocycles. The average Bonchev–Trinajstić information content (AvgIpc) is 3.05. The molecule has 0 heterocycles. The summed E-state index contributed by atoms with van der Waals surface area (Å²) in [4.78, 5) is 29.8. The lowest BCUT2D eigenvalue weighted by molar-refractivity contribution is -0.140. The smallest absolute Gasteiger partial charge is 0.264 e. The van der Waals surface area contributed by atoms with Crippen LogP contribution in [0.25, 0.3) is 0 Å². The Hall–Kier alpha value is -4.05. The second kappa shape index (κ2) is 16.0. The van der Waals surface area contributed by atoms with Crippen LogP contribution in [0.5, 0.6) is 5.75 Å². The number of carbonyl (C=O) groups is 2. The summed E-state index contributed by atoms with van der Waals surface area (Å²) in [6, 6.07) is 26.2. The maximum Gasteiger partial charge on any atom is 0.264 e. The number of ether oxygens (including phenoxy) is 1. The number of rotatable bonds is 14. The summed E-state index contributed by atoms with van der Waals surface area (Å²) in [5, 5.41) is 3.65. The predicted octanol–water partition coefficient (Wildman–Crippen LogP) is 6.67. The quantitative estimate of drug-likeness (QED) is 0.160. The number of hydrogen-bond donors (Lipinski definition) is 1. The molecule has 0 spiro atoms. The lowest BCUT2D eigenvalue weighted by Crippen LogP contribution is -2.53. The van der Waals surface area contributed by atoms with Gasteiger partial charge in [0.05, 0.1) is 17.7 Å². The molecule has 0 bridgehead atoms. The van der Waals surface area contributed by atoms with Gasteiger partial charge in [0.15, 0.2) is 0 Å². The zero-order valence-corrected chi connectivity index (χ0v) is 28.3. The van der Waals surface area contributed by atoms with Gasteiger partial charge in [-0.1, -0.05) is 96.4 Å². The van der Waals surface area contributed by atoms with E-state index in [1.807, 2.05) is 44.2 Å². The molecule has 0 radical (unpaired) electrons. The van der Waals surface area contributed by atoms with Crippen molar-refractivity contribution in [2.75, 3.05) is 24.5 Å². The van der Waals surface area contributed by atoms with E-state index in [4.69, 9.17) is 27.9 Å². The SMILES string of the molecule is CCCNC(=O)[C@H](Cc1ccccc1)N(Cc1ccc(Cl)cc1Cl)C(=O)CN(c1ccccc1OC)S(=O)(=O)c1ccc(C)cc1. The molecule has 0 saturated carbocycles. The number of amides is 2. The second-order valence-corrected chi connectivity index (χ2v) is 13.5. The summed E-state index contributed by atoms with van der Waals surface area (Å²) >= 11 is 12.7. The van der Waals surface area contributed by atoms with E-state index in [9.17, 15) is 18.0 Å². The summed E-state index contributed by atoms with van der Waals surface area (Å²) in [7, 11) is -2.85. The number of sulfonamides is 1. The number of methoxy groups -OCH3 is 1. The molecule has 0 aliphatic rings. The van der Waals surface area contributed by atoms with Crippen molar-refractivity contribution in [2.24, 2.45) is 0 Å². The maximum absolute atomic E-state index is 14.6. The van der Waals surface area contributed by atoms with Gasteiger partial charge in [-0.25, -0.2) is 8.42 Å². The summed E-state index contributed by atoms with van der Waals surface area (Å²) < 4.78 is 35.0. The Morgan fingerprint density at radius 1 is 0.913 bits per heavy atom. The fraction of sp³-hybridized carbons (Fsp3) is 0.257. The summed E-state index contributed by atoms with van der Waals surface area (Å²) in [5.41, 5.74) is 2.43. The molecule has 0 saturated heterocycles. The predicted molar refractivity (Wildman–Crippen MR) is 183 cm³/mol. The van der Waals surface area contributed by atoms with Gasteiger partial charge in [-0.15, -0.1) is 0 Å². The standard InChI is InChI=1S/C35H37Cl2N3O5S/c1-4-20-38-35(42)32(21-26-10-6-5-7-11-26)39(23-27-16-17-28(36)22-30(27)37)34(41)24-40(31-12-8-9-13-33(31)45-3)46(43,44)29-18-14-25(2)15-19-29/h5-19,22,32H,4,20-21,23-24H2,1-3H3,(H,38,42)/t32-/m0/s1. The molecule has 2 amide bonds. The highest BCUT2D eigenvalue weighted by Crippen LogP contribution is 2.33. The van der Waals surface area contributed by atoms with Crippen molar-refractivity contribution in [3.8, 4) is 5.75 Å². The number of anilines is 1. The normalized spacial score (nSPS) is 11.8. The third kappa shape index (κ3) is 8.60. The van der Waals surface area contributed by atoms with Crippen molar-refractivity contribution in [3.63, 3.8) is 0 Å². The van der Waals surface area contributed by atoms with E-state index in [1.165, 1.54) is 24.1 Å². The van der Waals surface area contributed by atoms with Crippen LogP contribution in [0.2, 0.25) is 10.0 Å². The molecule has 1 N–H and O–H groups in total. The first-order valence-corrected chi connectivity index (χ1v) is 17.0. The van der Waals surface area contributed by atoms with Gasteiger partial charge in [-0.05, 0) is 60.9 Å². The monoisotopic (exact) mass is 681 g/mol. The molecule has 0 fully saturated rings. The van der Waals surface area contributed by atoms with Crippen LogP contribution in [0.3, 0.4) is 0 Å². The van der Waals surface area contributed by atoms with E-state index >= 15 is 0 Å². The molecule has 4 aromatic rings. The first kappa shape index (κ1) is 34.8. The van der Waals surface area contributed by atoms with Crippen LogP contribution in [-0.4, -0.2) is 51.4 Å². The Bertz CT molecular complexity index is 1750. The Kier molecular flexibility index (Phi) is 12.1. The molecule has 0 aliphatic carbocycles. The summed E-state index contributed by atoms with van der Waals surface area (Å²) in [6.07, 6.45) is 0.879. The van der Waals surface area contributed by atoms with Gasteiger partial charge in [0.1, 0.15) is 18.3 Å². The summed E-state index contributed by atoms with van der Waals surface area (Å²) in [5.74, 6) is -0.714. The molecular weight excluding hydrogens is 645 g/mol. The number of carbonyl (C=O) groups excluding carboxylic acids is 2. The Morgan fingerprint density at radius 3 is 2.24 bits per heavy atom. The van der Waals surface area contributed by atoms with E-state index in [0.29, 0.717) is 28.6 Å². The first-order chi connectivity index (χ1) is 22.0. The molecule has 242 valence electrons. The van der Waals surface area contributed by atoms with Crippen molar-refractivity contribution < 1.29 is 22.7 Å². The number of para-hydroxylation sites is 2. The van der Waals surface area contributed by atoms with Crippen molar-refractivity contribution in [1.29, 1.82) is 0 Å². The number of nitrogens with one attached hydrogen (secondary N) is 1. The maximum atomic E-state index is 14.6. The van der Waals surface area contributed by atoms with Crippen LogP contribution in [0.15, 0.2) is 102 Å². The summed E-state index contributed by atoms with van der Waals surface area (Å²) in [6.45, 7) is 3.51. The van der Waals surface area contributed by atoms with Crippen LogP contribution in [0.1, 0.15) is 30.0 Å². The highest BCUT2D eigenvalue weighted by atomic mass is 35.5. The molecule has 4 rings (SSSR count). The molecule has 0 unspecified atom stereocenters. The lowest BCUT2D eigenvalue weighted by Gasteiger charge is -2.34. The zero-order chi connectivity index (χ0) is 33.3. The van der Waals surface area contributed by atoms with Crippen LogP contribution in [0.4, 0.5) is 5.69 Å². The number of benzene rings is 4. The van der Waals surface area contributed by atoms with Crippen molar-refractivity contribution >= 4 is 50.7 Å². The topological polar surface area (TPSA) is 96.0 Å². The van der Waals surface area contributed by atoms with E-state index in [2.05, 4.69) is 5.32 Å².